The highest BCUT2D eigenvalue weighted by Crippen LogP contribution is 2.24. The minimum atomic E-state index is -3.26. The molecule has 9 nitrogen and oxygen atoms in total. The molecular weight excluding hydrogens is 552 g/mol. The second-order valence-electron chi connectivity index (χ2n) is 11.4. The van der Waals surface area contributed by atoms with Gasteiger partial charge in [0.1, 0.15) is 6.10 Å². The van der Waals surface area contributed by atoms with Crippen molar-refractivity contribution in [1.82, 2.24) is 20.0 Å². The largest absolute Gasteiger partial charge is 0.441 e. The lowest BCUT2D eigenvalue weighted by Crippen LogP contribution is -2.48. The highest BCUT2D eigenvalue weighted by atomic mass is 32.2. The molecule has 0 spiro atoms. The number of hydrogen-bond acceptors (Lipinski definition) is 7. The first kappa shape index (κ1) is 32.0. The van der Waals surface area contributed by atoms with E-state index in [9.17, 15) is 18.0 Å². The first-order valence-corrected chi connectivity index (χ1v) is 17.1. The summed E-state index contributed by atoms with van der Waals surface area (Å²) in [7, 11) is -3.26. The summed E-state index contributed by atoms with van der Waals surface area (Å²) in [6.07, 6.45) is 5.69. The van der Waals surface area contributed by atoms with E-state index in [0.29, 0.717) is 19.5 Å². The number of likely N-dealkylation sites (N-methyl/N-ethyl adjacent to an activating group) is 1. The predicted octanol–water partition coefficient (Wildman–Crippen LogP) is 3.90. The van der Waals surface area contributed by atoms with Crippen molar-refractivity contribution in [3.05, 3.63) is 65.7 Å². The zero-order valence-corrected chi connectivity index (χ0v) is 25.9. The standard InChI is InChI=1S/C32H46N4O5S/c1-3-36(31(37)25-26-11-13-29(14-12-26)42(2,39)40)28-15-21-35(22-16-28)23-17-30(27-9-5-4-6-10-27)41-32(38)33-18-24-34-19-7-8-20-34/h4-6,9-14,28,30H,3,7-8,15-25H2,1-2H3,(H,33,38). The van der Waals surface area contributed by atoms with Crippen LogP contribution in [-0.2, 0) is 25.8 Å². The van der Waals surface area contributed by atoms with Gasteiger partial charge in [0.25, 0.3) is 0 Å². The van der Waals surface area contributed by atoms with Crippen LogP contribution in [0.1, 0.15) is 56.3 Å². The Hall–Kier alpha value is -2.95. The van der Waals surface area contributed by atoms with Gasteiger partial charge in [0.15, 0.2) is 9.84 Å². The number of sulfone groups is 1. The molecule has 2 fully saturated rings. The van der Waals surface area contributed by atoms with Crippen LogP contribution in [0.5, 0.6) is 0 Å². The van der Waals surface area contributed by atoms with Gasteiger partial charge in [-0.3, -0.25) is 4.79 Å². The molecule has 1 N–H and O–H groups in total. The van der Waals surface area contributed by atoms with E-state index in [4.69, 9.17) is 4.74 Å². The Bertz CT molecular complexity index is 1240. The Labute approximate surface area is 251 Å². The minimum Gasteiger partial charge on any atom is -0.441 e. The second kappa shape index (κ2) is 15.5. The lowest BCUT2D eigenvalue weighted by atomic mass is 10.0. The van der Waals surface area contributed by atoms with E-state index < -0.39 is 9.84 Å². The zero-order chi connectivity index (χ0) is 30.0. The molecule has 42 heavy (non-hydrogen) atoms. The Morgan fingerprint density at radius 2 is 1.60 bits per heavy atom. The van der Waals surface area contributed by atoms with Gasteiger partial charge in [0.2, 0.25) is 5.91 Å². The number of amides is 2. The summed E-state index contributed by atoms with van der Waals surface area (Å²) in [4.78, 5) is 32.8. The molecule has 230 valence electrons. The van der Waals surface area contributed by atoms with Crippen molar-refractivity contribution in [1.29, 1.82) is 0 Å². The maximum Gasteiger partial charge on any atom is 0.407 e. The number of nitrogens with zero attached hydrogens (tertiary/aromatic N) is 3. The summed E-state index contributed by atoms with van der Waals surface area (Å²) < 4.78 is 29.4. The molecule has 2 aliphatic heterocycles. The fraction of sp³-hybridized carbons (Fsp3) is 0.562. The molecule has 1 atom stereocenters. The van der Waals surface area contributed by atoms with Gasteiger partial charge in [-0.25, -0.2) is 13.2 Å². The molecule has 0 saturated carbocycles. The van der Waals surface area contributed by atoms with Crippen molar-refractivity contribution < 1.29 is 22.7 Å². The Morgan fingerprint density at radius 3 is 2.21 bits per heavy atom. The molecule has 2 aromatic rings. The van der Waals surface area contributed by atoms with E-state index in [0.717, 1.165) is 63.2 Å². The average Bonchev–Trinajstić information content (AvgIpc) is 3.50. The highest BCUT2D eigenvalue weighted by molar-refractivity contribution is 7.90. The molecule has 2 amide bonds. The summed E-state index contributed by atoms with van der Waals surface area (Å²) in [5.74, 6) is 0.0661. The smallest absolute Gasteiger partial charge is 0.407 e. The number of rotatable bonds is 13. The number of ether oxygens (including phenoxy) is 1. The maximum absolute atomic E-state index is 13.2. The third-order valence-electron chi connectivity index (χ3n) is 8.39. The SMILES string of the molecule is CCN(C(=O)Cc1ccc(S(C)(=O)=O)cc1)C1CCN(CCC(OC(=O)NCCN2CCCC2)c2ccccc2)CC1. The summed E-state index contributed by atoms with van der Waals surface area (Å²) in [6.45, 7) is 8.86. The molecule has 2 saturated heterocycles. The van der Waals surface area contributed by atoms with Crippen molar-refractivity contribution in [3.63, 3.8) is 0 Å². The summed E-state index contributed by atoms with van der Waals surface area (Å²) >= 11 is 0. The monoisotopic (exact) mass is 598 g/mol. The molecule has 0 radical (unpaired) electrons. The van der Waals surface area contributed by atoms with Gasteiger partial charge in [-0.2, -0.15) is 0 Å². The fourth-order valence-electron chi connectivity index (χ4n) is 5.98. The third-order valence-corrected chi connectivity index (χ3v) is 9.52. The quantitative estimate of drug-likeness (QED) is 0.373. The number of hydrogen-bond donors (Lipinski definition) is 1. The zero-order valence-electron chi connectivity index (χ0n) is 25.0. The third kappa shape index (κ3) is 9.54. The van der Waals surface area contributed by atoms with E-state index in [1.807, 2.05) is 42.2 Å². The molecule has 10 heteroatoms. The molecule has 2 heterocycles. The van der Waals surface area contributed by atoms with E-state index in [2.05, 4.69) is 15.1 Å². The van der Waals surface area contributed by atoms with Crippen LogP contribution in [-0.4, -0.2) is 99.8 Å². The molecular formula is C32H46N4O5S. The fourth-order valence-corrected chi connectivity index (χ4v) is 6.61. The number of nitrogens with one attached hydrogen (secondary N) is 1. The first-order chi connectivity index (χ1) is 20.2. The van der Waals surface area contributed by atoms with E-state index in [-0.39, 0.29) is 35.5 Å². The van der Waals surface area contributed by atoms with Crippen molar-refractivity contribution in [2.24, 2.45) is 0 Å². The first-order valence-electron chi connectivity index (χ1n) is 15.3. The lowest BCUT2D eigenvalue weighted by Gasteiger charge is -2.38. The summed E-state index contributed by atoms with van der Waals surface area (Å²) in [5.41, 5.74) is 1.81. The van der Waals surface area contributed by atoms with Gasteiger partial charge in [-0.05, 0) is 69.0 Å². The molecule has 2 aromatic carbocycles. The van der Waals surface area contributed by atoms with E-state index in [1.54, 1.807) is 24.3 Å². The molecule has 0 bridgehead atoms. The van der Waals surface area contributed by atoms with Gasteiger partial charge < -0.3 is 24.8 Å². The number of carbonyl (C=O) groups excluding carboxylic acids is 2. The van der Waals surface area contributed by atoms with Crippen LogP contribution in [0.2, 0.25) is 0 Å². The van der Waals surface area contributed by atoms with Crippen LogP contribution in [0.25, 0.3) is 0 Å². The van der Waals surface area contributed by atoms with Crippen molar-refractivity contribution in [2.45, 2.75) is 62.5 Å². The van der Waals surface area contributed by atoms with Gasteiger partial charge in [-0.15, -0.1) is 0 Å². The van der Waals surface area contributed by atoms with Crippen LogP contribution < -0.4 is 5.32 Å². The molecule has 0 aromatic heterocycles. The van der Waals surface area contributed by atoms with Gasteiger partial charge >= 0.3 is 6.09 Å². The van der Waals surface area contributed by atoms with Crippen LogP contribution in [0, 0.1) is 0 Å². The van der Waals surface area contributed by atoms with Crippen LogP contribution >= 0.6 is 0 Å². The van der Waals surface area contributed by atoms with Crippen molar-refractivity contribution >= 4 is 21.8 Å². The Morgan fingerprint density at radius 1 is 0.952 bits per heavy atom. The maximum atomic E-state index is 13.2. The van der Waals surface area contributed by atoms with Gasteiger partial charge in [-0.1, -0.05) is 42.5 Å². The van der Waals surface area contributed by atoms with Gasteiger partial charge in [0, 0.05) is 58.0 Å². The van der Waals surface area contributed by atoms with Crippen molar-refractivity contribution in [2.75, 3.05) is 58.6 Å². The normalized spacial score (nSPS) is 17.6. The predicted molar refractivity (Wildman–Crippen MR) is 164 cm³/mol. The van der Waals surface area contributed by atoms with Crippen molar-refractivity contribution in [3.8, 4) is 0 Å². The molecule has 0 aliphatic carbocycles. The van der Waals surface area contributed by atoms with E-state index >= 15 is 0 Å². The number of carbonyl (C=O) groups is 2. The van der Waals surface area contributed by atoms with Gasteiger partial charge in [0.05, 0.1) is 11.3 Å². The topological polar surface area (TPSA) is 99.3 Å². The van der Waals surface area contributed by atoms with Crippen LogP contribution in [0.15, 0.2) is 59.5 Å². The number of likely N-dealkylation sites (tertiary alicyclic amines) is 2. The number of piperidine rings is 1. The Balaban J connectivity index is 1.24. The van der Waals surface area contributed by atoms with Crippen LogP contribution in [0.3, 0.4) is 0 Å². The van der Waals surface area contributed by atoms with E-state index in [1.165, 1.54) is 19.1 Å². The minimum absolute atomic E-state index is 0.0661. The second-order valence-corrected chi connectivity index (χ2v) is 13.4. The molecule has 2 aliphatic rings. The van der Waals surface area contributed by atoms with Crippen LogP contribution in [0.4, 0.5) is 4.79 Å². The summed E-state index contributed by atoms with van der Waals surface area (Å²) in [6, 6.07) is 16.7. The molecule has 4 rings (SSSR count). The molecule has 1 unspecified atom stereocenters. The summed E-state index contributed by atoms with van der Waals surface area (Å²) in [5, 5.41) is 2.93. The highest BCUT2D eigenvalue weighted by Gasteiger charge is 2.28. The number of benzene rings is 2. The average molecular weight is 599 g/mol. The number of alkyl carbamates (subject to hydrolysis) is 1. The Kier molecular flexibility index (Phi) is 11.8. The lowest BCUT2D eigenvalue weighted by molar-refractivity contribution is -0.133.